The molecule has 13 heavy (non-hydrogen) atoms. The van der Waals surface area contributed by atoms with Crippen molar-refractivity contribution in [1.82, 2.24) is 14.9 Å². The van der Waals surface area contributed by atoms with Gasteiger partial charge >= 0.3 is 0 Å². The van der Waals surface area contributed by atoms with Crippen molar-refractivity contribution in [2.45, 2.75) is 26.5 Å². The zero-order chi connectivity index (χ0) is 9.68. The van der Waals surface area contributed by atoms with Crippen LogP contribution in [0.25, 0.3) is 0 Å². The molecule has 4 heteroatoms. The number of aromatic nitrogens is 2. The molecule has 1 aromatic rings. The summed E-state index contributed by atoms with van der Waals surface area (Å²) in [4.78, 5) is 4.12. The number of aliphatic hydroxyl groups is 1. The molecule has 0 amide bonds. The molecule has 1 aromatic heterocycles. The summed E-state index contributed by atoms with van der Waals surface area (Å²) in [6.45, 7) is 6.17. The lowest BCUT2D eigenvalue weighted by molar-refractivity contribution is 0.191. The zero-order valence-electron chi connectivity index (χ0n) is 8.20. The maximum atomic E-state index is 8.98. The molecule has 1 heterocycles. The number of aliphatic hydroxyl groups excluding tert-OH is 1. The van der Waals surface area contributed by atoms with Crippen molar-refractivity contribution < 1.29 is 5.11 Å². The van der Waals surface area contributed by atoms with Crippen molar-refractivity contribution >= 4 is 0 Å². The monoisotopic (exact) mass is 183 g/mol. The van der Waals surface area contributed by atoms with Gasteiger partial charge < -0.3 is 15.0 Å². The standard InChI is InChI=1S/C9H17N3O/c1-8(13)7-10-3-5-12-6-4-11-9(12)2/h4,6,8,10,13H,3,5,7H2,1-2H3. The highest BCUT2D eigenvalue weighted by Crippen LogP contribution is 1.93. The second kappa shape index (κ2) is 4.99. The molecule has 74 valence electrons. The normalized spacial score (nSPS) is 13.2. The van der Waals surface area contributed by atoms with Crippen LogP contribution in [-0.2, 0) is 6.54 Å². The molecule has 0 bridgehead atoms. The summed E-state index contributed by atoms with van der Waals surface area (Å²) in [5, 5.41) is 12.1. The van der Waals surface area contributed by atoms with E-state index in [4.69, 9.17) is 5.11 Å². The first-order valence-corrected chi connectivity index (χ1v) is 4.56. The van der Waals surface area contributed by atoms with Gasteiger partial charge in [-0.15, -0.1) is 0 Å². The van der Waals surface area contributed by atoms with E-state index in [9.17, 15) is 0 Å². The number of nitrogens with zero attached hydrogens (tertiary/aromatic N) is 2. The van der Waals surface area contributed by atoms with E-state index >= 15 is 0 Å². The average molecular weight is 183 g/mol. The first-order valence-electron chi connectivity index (χ1n) is 4.56. The van der Waals surface area contributed by atoms with Crippen LogP contribution < -0.4 is 5.32 Å². The minimum absolute atomic E-state index is 0.274. The van der Waals surface area contributed by atoms with Gasteiger partial charge in [0.1, 0.15) is 5.82 Å². The molecule has 0 aliphatic heterocycles. The van der Waals surface area contributed by atoms with Crippen molar-refractivity contribution in [2.24, 2.45) is 0 Å². The van der Waals surface area contributed by atoms with E-state index in [2.05, 4.69) is 14.9 Å². The number of rotatable bonds is 5. The summed E-state index contributed by atoms with van der Waals surface area (Å²) in [6.07, 6.45) is 3.48. The van der Waals surface area contributed by atoms with Crippen molar-refractivity contribution in [3.8, 4) is 0 Å². The van der Waals surface area contributed by atoms with E-state index in [1.54, 1.807) is 13.1 Å². The Labute approximate surface area is 78.6 Å². The van der Waals surface area contributed by atoms with Crippen molar-refractivity contribution in [2.75, 3.05) is 13.1 Å². The fourth-order valence-corrected chi connectivity index (χ4v) is 1.15. The molecule has 0 spiro atoms. The summed E-state index contributed by atoms with van der Waals surface area (Å²) in [6, 6.07) is 0. The molecule has 1 rings (SSSR count). The van der Waals surface area contributed by atoms with Crippen molar-refractivity contribution in [3.05, 3.63) is 18.2 Å². The van der Waals surface area contributed by atoms with E-state index in [1.165, 1.54) is 0 Å². The van der Waals surface area contributed by atoms with Gasteiger partial charge in [-0.3, -0.25) is 0 Å². The molecule has 0 radical (unpaired) electrons. The third kappa shape index (κ3) is 3.57. The molecule has 0 saturated heterocycles. The van der Waals surface area contributed by atoms with E-state index in [-0.39, 0.29) is 6.10 Å². The van der Waals surface area contributed by atoms with Gasteiger partial charge in [-0.05, 0) is 13.8 Å². The van der Waals surface area contributed by atoms with Gasteiger partial charge in [0.2, 0.25) is 0 Å². The minimum Gasteiger partial charge on any atom is -0.392 e. The van der Waals surface area contributed by atoms with Gasteiger partial charge in [0.25, 0.3) is 0 Å². The van der Waals surface area contributed by atoms with Gasteiger partial charge in [-0.25, -0.2) is 4.98 Å². The third-order valence-corrected chi connectivity index (χ3v) is 1.89. The average Bonchev–Trinajstić information content (AvgIpc) is 2.45. The lowest BCUT2D eigenvalue weighted by Gasteiger charge is -2.08. The molecule has 1 atom stereocenters. The van der Waals surface area contributed by atoms with E-state index in [0.717, 1.165) is 18.9 Å². The van der Waals surface area contributed by atoms with Crippen LogP contribution in [-0.4, -0.2) is 33.9 Å². The van der Waals surface area contributed by atoms with Crippen LogP contribution in [0.5, 0.6) is 0 Å². The Hall–Kier alpha value is -0.870. The fraction of sp³-hybridized carbons (Fsp3) is 0.667. The van der Waals surface area contributed by atoms with E-state index in [1.807, 2.05) is 13.1 Å². The SMILES string of the molecule is Cc1nccn1CCNCC(C)O. The van der Waals surface area contributed by atoms with Crippen LogP contribution in [0.3, 0.4) is 0 Å². The molecule has 0 fully saturated rings. The van der Waals surface area contributed by atoms with Crippen LogP contribution in [0.4, 0.5) is 0 Å². The molecule has 1 unspecified atom stereocenters. The summed E-state index contributed by atoms with van der Waals surface area (Å²) in [7, 11) is 0. The number of imidazole rings is 1. The summed E-state index contributed by atoms with van der Waals surface area (Å²) in [5.74, 6) is 1.03. The Kier molecular flexibility index (Phi) is 3.92. The second-order valence-electron chi connectivity index (χ2n) is 3.22. The maximum absolute atomic E-state index is 8.98. The molecular weight excluding hydrogens is 166 g/mol. The Morgan fingerprint density at radius 3 is 3.00 bits per heavy atom. The first kappa shape index (κ1) is 10.2. The molecule has 0 aromatic carbocycles. The van der Waals surface area contributed by atoms with Gasteiger partial charge in [-0.2, -0.15) is 0 Å². The van der Waals surface area contributed by atoms with Gasteiger partial charge in [0.15, 0.2) is 0 Å². The first-order chi connectivity index (χ1) is 6.20. The molecule has 0 aliphatic carbocycles. The van der Waals surface area contributed by atoms with Crippen LogP contribution in [0, 0.1) is 6.92 Å². The van der Waals surface area contributed by atoms with Gasteiger partial charge in [-0.1, -0.05) is 0 Å². The molecular formula is C9H17N3O. The fourth-order valence-electron chi connectivity index (χ4n) is 1.15. The molecule has 4 nitrogen and oxygen atoms in total. The highest BCUT2D eigenvalue weighted by atomic mass is 16.3. The Balaban J connectivity index is 2.17. The third-order valence-electron chi connectivity index (χ3n) is 1.89. The zero-order valence-corrected chi connectivity index (χ0v) is 8.20. The van der Waals surface area contributed by atoms with E-state index in [0.29, 0.717) is 6.54 Å². The topological polar surface area (TPSA) is 50.1 Å². The summed E-state index contributed by atoms with van der Waals surface area (Å²) >= 11 is 0. The number of nitrogens with one attached hydrogen (secondary N) is 1. The second-order valence-corrected chi connectivity index (χ2v) is 3.22. The summed E-state index contributed by atoms with van der Waals surface area (Å²) < 4.78 is 2.08. The Morgan fingerprint density at radius 2 is 2.46 bits per heavy atom. The molecule has 2 N–H and O–H groups in total. The van der Waals surface area contributed by atoms with Crippen LogP contribution in [0.2, 0.25) is 0 Å². The largest absolute Gasteiger partial charge is 0.392 e. The summed E-state index contributed by atoms with van der Waals surface area (Å²) in [5.41, 5.74) is 0. The quantitative estimate of drug-likeness (QED) is 0.639. The molecule has 0 saturated carbocycles. The van der Waals surface area contributed by atoms with Crippen molar-refractivity contribution in [3.63, 3.8) is 0 Å². The van der Waals surface area contributed by atoms with Gasteiger partial charge in [0, 0.05) is 32.0 Å². The number of hydrogen-bond acceptors (Lipinski definition) is 3. The van der Waals surface area contributed by atoms with Crippen LogP contribution in [0.15, 0.2) is 12.4 Å². The van der Waals surface area contributed by atoms with Gasteiger partial charge in [0.05, 0.1) is 6.10 Å². The minimum atomic E-state index is -0.274. The lowest BCUT2D eigenvalue weighted by atomic mass is 10.4. The van der Waals surface area contributed by atoms with Crippen LogP contribution in [0.1, 0.15) is 12.7 Å². The number of hydrogen-bond donors (Lipinski definition) is 2. The van der Waals surface area contributed by atoms with E-state index < -0.39 is 0 Å². The van der Waals surface area contributed by atoms with Crippen LogP contribution >= 0.6 is 0 Å². The number of aryl methyl sites for hydroxylation is 1. The predicted molar refractivity (Wildman–Crippen MR) is 51.5 cm³/mol. The predicted octanol–water partition coefficient (Wildman–Crippen LogP) is 0.162. The Morgan fingerprint density at radius 1 is 1.69 bits per heavy atom. The van der Waals surface area contributed by atoms with Crippen molar-refractivity contribution in [1.29, 1.82) is 0 Å². The highest BCUT2D eigenvalue weighted by Gasteiger charge is 1.96. The highest BCUT2D eigenvalue weighted by molar-refractivity contribution is 4.88. The lowest BCUT2D eigenvalue weighted by Crippen LogP contribution is -2.27. The molecule has 0 aliphatic rings. The maximum Gasteiger partial charge on any atom is 0.105 e. The smallest absolute Gasteiger partial charge is 0.105 e. The Bertz CT molecular complexity index is 245.